The lowest BCUT2D eigenvalue weighted by Gasteiger charge is -2.13. The average molecular weight is 417 g/mol. The smallest absolute Gasteiger partial charge is 0.405 e. The summed E-state index contributed by atoms with van der Waals surface area (Å²) in [5.41, 5.74) is 4.16. The monoisotopic (exact) mass is 417 g/mol. The summed E-state index contributed by atoms with van der Waals surface area (Å²) in [6, 6.07) is 15.5. The van der Waals surface area contributed by atoms with E-state index < -0.39 is 6.36 Å². The van der Waals surface area contributed by atoms with E-state index in [1.165, 1.54) is 18.2 Å². The van der Waals surface area contributed by atoms with Gasteiger partial charge in [-0.2, -0.15) is 5.10 Å². The highest BCUT2D eigenvalue weighted by molar-refractivity contribution is 5.76. The summed E-state index contributed by atoms with van der Waals surface area (Å²) in [7, 11) is 0. The quantitative estimate of drug-likeness (QED) is 0.610. The Morgan fingerprint density at radius 1 is 1.10 bits per heavy atom. The summed E-state index contributed by atoms with van der Waals surface area (Å²) >= 11 is 0. The third kappa shape index (κ3) is 5.85. The summed E-state index contributed by atoms with van der Waals surface area (Å²) in [5, 5.41) is 7.08. The number of para-hydroxylation sites is 1. The minimum absolute atomic E-state index is 0.0397. The van der Waals surface area contributed by atoms with Crippen LogP contribution < -0.4 is 10.1 Å². The molecule has 0 fully saturated rings. The number of rotatable bonds is 7. The Morgan fingerprint density at radius 3 is 2.43 bits per heavy atom. The molecule has 0 aliphatic heterocycles. The number of nitrogens with one attached hydrogen (secondary N) is 1. The number of hydrogen-bond donors (Lipinski definition) is 1. The second-order valence-electron chi connectivity index (χ2n) is 6.94. The van der Waals surface area contributed by atoms with Crippen molar-refractivity contribution in [3.63, 3.8) is 0 Å². The molecule has 1 N–H and O–H groups in total. The number of nitrogens with zero attached hydrogens (tertiary/aromatic N) is 2. The van der Waals surface area contributed by atoms with Gasteiger partial charge in [-0.05, 0) is 50.1 Å². The molecule has 0 bridgehead atoms. The summed E-state index contributed by atoms with van der Waals surface area (Å²) in [4.78, 5) is 12.1. The lowest BCUT2D eigenvalue weighted by molar-refractivity contribution is -0.274. The topological polar surface area (TPSA) is 56.2 Å². The van der Waals surface area contributed by atoms with E-state index in [9.17, 15) is 18.0 Å². The third-order valence-corrected chi connectivity index (χ3v) is 4.51. The van der Waals surface area contributed by atoms with E-state index >= 15 is 0 Å². The standard InChI is InChI=1S/C22H22F3N3O2/c1-15-13-16(2)28(27-15)19-10-7-17(8-11-19)9-12-21(29)26-14-18-5-3-4-6-20(18)30-22(23,24)25/h3-8,10-11,13H,9,12,14H2,1-2H3,(H,26,29). The lowest BCUT2D eigenvalue weighted by Crippen LogP contribution is -2.24. The molecule has 0 aliphatic rings. The van der Waals surface area contributed by atoms with E-state index in [2.05, 4.69) is 15.2 Å². The molecule has 2 aromatic carbocycles. The van der Waals surface area contributed by atoms with Crippen molar-refractivity contribution in [1.29, 1.82) is 0 Å². The molecule has 8 heteroatoms. The van der Waals surface area contributed by atoms with Crippen molar-refractivity contribution in [2.75, 3.05) is 0 Å². The molecule has 0 unspecified atom stereocenters. The molecule has 0 saturated carbocycles. The Morgan fingerprint density at radius 2 is 1.80 bits per heavy atom. The summed E-state index contributed by atoms with van der Waals surface area (Å²) < 4.78 is 43.3. The molecule has 3 rings (SSSR count). The van der Waals surface area contributed by atoms with Crippen LogP contribution in [0.2, 0.25) is 0 Å². The van der Waals surface area contributed by atoms with Crippen LogP contribution in [0, 0.1) is 13.8 Å². The molecular formula is C22H22F3N3O2. The fourth-order valence-corrected chi connectivity index (χ4v) is 3.11. The SMILES string of the molecule is Cc1cc(C)n(-c2ccc(CCC(=O)NCc3ccccc3OC(F)(F)F)cc2)n1. The van der Waals surface area contributed by atoms with Gasteiger partial charge < -0.3 is 10.1 Å². The third-order valence-electron chi connectivity index (χ3n) is 4.51. The molecule has 5 nitrogen and oxygen atoms in total. The number of aryl methyl sites for hydroxylation is 3. The highest BCUT2D eigenvalue weighted by Crippen LogP contribution is 2.26. The van der Waals surface area contributed by atoms with Crippen molar-refractivity contribution >= 4 is 5.91 Å². The van der Waals surface area contributed by atoms with Gasteiger partial charge in [0.25, 0.3) is 0 Å². The van der Waals surface area contributed by atoms with E-state index in [0.717, 1.165) is 22.6 Å². The zero-order valence-corrected chi connectivity index (χ0v) is 16.7. The van der Waals surface area contributed by atoms with E-state index in [0.29, 0.717) is 6.42 Å². The summed E-state index contributed by atoms with van der Waals surface area (Å²) in [5.74, 6) is -0.565. The van der Waals surface area contributed by atoms with E-state index in [-0.39, 0.29) is 30.2 Å². The highest BCUT2D eigenvalue weighted by Gasteiger charge is 2.31. The highest BCUT2D eigenvalue weighted by atomic mass is 19.4. The van der Waals surface area contributed by atoms with Crippen LogP contribution in [0.3, 0.4) is 0 Å². The van der Waals surface area contributed by atoms with E-state index in [1.54, 1.807) is 6.07 Å². The largest absolute Gasteiger partial charge is 0.573 e. The molecule has 0 spiro atoms. The summed E-state index contributed by atoms with van der Waals surface area (Å²) in [6.45, 7) is 3.88. The Kier molecular flexibility index (Phi) is 6.44. The Labute approximate surface area is 172 Å². The number of carbonyl (C=O) groups is 1. The van der Waals surface area contributed by atoms with Gasteiger partial charge in [0.05, 0.1) is 11.4 Å². The van der Waals surface area contributed by atoms with Gasteiger partial charge in [0.1, 0.15) is 5.75 Å². The van der Waals surface area contributed by atoms with Crippen molar-refractivity contribution in [2.45, 2.75) is 39.6 Å². The molecule has 158 valence electrons. The Balaban J connectivity index is 1.52. The number of benzene rings is 2. The number of carbonyl (C=O) groups excluding carboxylic acids is 1. The number of ether oxygens (including phenoxy) is 1. The van der Waals surface area contributed by atoms with Crippen molar-refractivity contribution in [3.8, 4) is 11.4 Å². The number of alkyl halides is 3. The van der Waals surface area contributed by atoms with Gasteiger partial charge >= 0.3 is 6.36 Å². The van der Waals surface area contributed by atoms with Gasteiger partial charge in [0.15, 0.2) is 0 Å². The van der Waals surface area contributed by atoms with Crippen LogP contribution in [0.1, 0.15) is 28.9 Å². The van der Waals surface area contributed by atoms with Gasteiger partial charge in [-0.1, -0.05) is 30.3 Å². The number of aromatic nitrogens is 2. The molecule has 0 saturated heterocycles. The second-order valence-corrected chi connectivity index (χ2v) is 6.94. The van der Waals surface area contributed by atoms with Crippen LogP contribution in [0.4, 0.5) is 13.2 Å². The van der Waals surface area contributed by atoms with Gasteiger partial charge in [-0.25, -0.2) is 4.68 Å². The molecule has 1 amide bonds. The molecular weight excluding hydrogens is 395 g/mol. The molecule has 0 aliphatic carbocycles. The maximum absolute atomic E-state index is 12.5. The van der Waals surface area contributed by atoms with Crippen LogP contribution in [0.5, 0.6) is 5.75 Å². The van der Waals surface area contributed by atoms with Gasteiger partial charge in [0, 0.05) is 24.2 Å². The van der Waals surface area contributed by atoms with Crippen LogP contribution in [-0.2, 0) is 17.8 Å². The zero-order chi connectivity index (χ0) is 21.7. The van der Waals surface area contributed by atoms with Crippen molar-refractivity contribution in [2.24, 2.45) is 0 Å². The molecule has 1 heterocycles. The Hall–Kier alpha value is -3.29. The number of halogens is 3. The van der Waals surface area contributed by atoms with Crippen molar-refractivity contribution in [1.82, 2.24) is 15.1 Å². The van der Waals surface area contributed by atoms with Crippen molar-refractivity contribution in [3.05, 3.63) is 77.1 Å². The minimum Gasteiger partial charge on any atom is -0.405 e. The number of amides is 1. The first-order valence-electron chi connectivity index (χ1n) is 9.44. The van der Waals surface area contributed by atoms with Crippen molar-refractivity contribution < 1.29 is 22.7 Å². The average Bonchev–Trinajstić information content (AvgIpc) is 3.03. The molecule has 3 aromatic rings. The number of hydrogen-bond acceptors (Lipinski definition) is 3. The van der Waals surface area contributed by atoms with E-state index in [1.807, 2.05) is 48.9 Å². The van der Waals surface area contributed by atoms with Crippen LogP contribution >= 0.6 is 0 Å². The van der Waals surface area contributed by atoms with Crippen LogP contribution in [0.25, 0.3) is 5.69 Å². The van der Waals surface area contributed by atoms with Gasteiger partial charge in [0.2, 0.25) is 5.91 Å². The predicted octanol–water partition coefficient (Wildman–Crippen LogP) is 4.64. The Bertz CT molecular complexity index is 1010. The normalized spacial score (nSPS) is 11.4. The molecule has 0 atom stereocenters. The van der Waals surface area contributed by atoms with Gasteiger partial charge in [-0.15, -0.1) is 13.2 Å². The first-order valence-corrected chi connectivity index (χ1v) is 9.44. The second kappa shape index (κ2) is 9.02. The van der Waals surface area contributed by atoms with Crippen LogP contribution in [-0.4, -0.2) is 22.1 Å². The van der Waals surface area contributed by atoms with Gasteiger partial charge in [-0.3, -0.25) is 4.79 Å². The molecule has 1 aromatic heterocycles. The maximum atomic E-state index is 12.5. The lowest BCUT2D eigenvalue weighted by atomic mass is 10.1. The fourth-order valence-electron chi connectivity index (χ4n) is 3.11. The first kappa shape index (κ1) is 21.4. The fraction of sp³-hybridized carbons (Fsp3) is 0.273. The zero-order valence-electron chi connectivity index (χ0n) is 16.7. The summed E-state index contributed by atoms with van der Waals surface area (Å²) in [6.07, 6.45) is -4.04. The van der Waals surface area contributed by atoms with E-state index in [4.69, 9.17) is 0 Å². The van der Waals surface area contributed by atoms with Crippen LogP contribution in [0.15, 0.2) is 54.6 Å². The minimum atomic E-state index is -4.78. The molecule has 30 heavy (non-hydrogen) atoms. The first-order chi connectivity index (χ1) is 14.2. The maximum Gasteiger partial charge on any atom is 0.573 e. The predicted molar refractivity (Wildman–Crippen MR) is 106 cm³/mol. The molecule has 0 radical (unpaired) electrons.